The minimum Gasteiger partial charge on any atom is -0.337 e. The summed E-state index contributed by atoms with van der Waals surface area (Å²) in [6.45, 7) is 10.5. The molecule has 0 aliphatic rings. The van der Waals surface area contributed by atoms with E-state index in [1.807, 2.05) is 26.2 Å². The third kappa shape index (κ3) is 3.82. The second kappa shape index (κ2) is 7.01. The van der Waals surface area contributed by atoms with Crippen molar-refractivity contribution in [1.29, 1.82) is 0 Å². The van der Waals surface area contributed by atoms with Crippen LogP contribution < -0.4 is 10.2 Å². The Morgan fingerprint density at radius 2 is 2.29 bits per heavy atom. The van der Waals surface area contributed by atoms with Gasteiger partial charge in [0.15, 0.2) is 0 Å². The number of rotatable bonds is 7. The number of nitrogens with zero attached hydrogens (tertiary/aromatic N) is 3. The first kappa shape index (κ1) is 13.6. The molecule has 17 heavy (non-hydrogen) atoms. The first-order valence-corrected chi connectivity index (χ1v) is 6.05. The first-order chi connectivity index (χ1) is 8.22. The fourth-order valence-corrected chi connectivity index (χ4v) is 1.69. The van der Waals surface area contributed by atoms with Crippen molar-refractivity contribution in [2.75, 3.05) is 25.0 Å². The summed E-state index contributed by atoms with van der Waals surface area (Å²) in [5.41, 5.74) is 2.18. The number of hydrogen-bond donors (Lipinski definition) is 1. The first-order valence-electron chi connectivity index (χ1n) is 6.05. The largest absolute Gasteiger partial charge is 0.337 e. The molecule has 0 saturated carbocycles. The van der Waals surface area contributed by atoms with Crippen molar-refractivity contribution in [2.24, 2.45) is 0 Å². The molecule has 0 fully saturated rings. The van der Waals surface area contributed by atoms with Crippen LogP contribution in [0.2, 0.25) is 0 Å². The van der Waals surface area contributed by atoms with Gasteiger partial charge in [-0.25, -0.2) is 9.97 Å². The van der Waals surface area contributed by atoms with Gasteiger partial charge in [0.05, 0.1) is 0 Å². The van der Waals surface area contributed by atoms with Crippen molar-refractivity contribution in [3.63, 3.8) is 0 Å². The Balaban J connectivity index is 2.88. The van der Waals surface area contributed by atoms with Crippen molar-refractivity contribution in [3.8, 4) is 0 Å². The molecule has 0 spiro atoms. The van der Waals surface area contributed by atoms with E-state index in [2.05, 4.69) is 33.7 Å². The van der Waals surface area contributed by atoms with Crippen molar-refractivity contribution in [2.45, 2.75) is 26.8 Å². The van der Waals surface area contributed by atoms with Crippen molar-refractivity contribution in [3.05, 3.63) is 30.1 Å². The second-order valence-corrected chi connectivity index (χ2v) is 4.05. The highest BCUT2D eigenvalue weighted by atomic mass is 15.2. The molecule has 0 saturated heterocycles. The van der Waals surface area contributed by atoms with Crippen molar-refractivity contribution >= 4 is 5.95 Å². The third-order valence-electron chi connectivity index (χ3n) is 2.56. The van der Waals surface area contributed by atoms with Gasteiger partial charge < -0.3 is 10.2 Å². The molecule has 94 valence electrons. The van der Waals surface area contributed by atoms with E-state index in [0.29, 0.717) is 0 Å². The molecule has 1 aromatic heterocycles. The highest BCUT2D eigenvalue weighted by Crippen LogP contribution is 2.11. The molecule has 0 aliphatic heterocycles. The van der Waals surface area contributed by atoms with Crippen molar-refractivity contribution < 1.29 is 0 Å². The topological polar surface area (TPSA) is 41.1 Å². The zero-order chi connectivity index (χ0) is 12.7. The monoisotopic (exact) mass is 234 g/mol. The quantitative estimate of drug-likeness (QED) is 0.732. The maximum atomic E-state index is 4.56. The fourth-order valence-electron chi connectivity index (χ4n) is 1.69. The number of hydrogen-bond acceptors (Lipinski definition) is 4. The molecule has 1 rings (SSSR count). The van der Waals surface area contributed by atoms with Gasteiger partial charge in [-0.05, 0) is 20.4 Å². The van der Waals surface area contributed by atoms with Crippen LogP contribution in [0.25, 0.3) is 0 Å². The summed E-state index contributed by atoms with van der Waals surface area (Å²) in [5.74, 6) is 0.795. The lowest BCUT2D eigenvalue weighted by molar-refractivity contribution is 0.762. The smallest absolute Gasteiger partial charge is 0.225 e. The fraction of sp³-hybridized carbons (Fsp3) is 0.538. The van der Waals surface area contributed by atoms with Crippen LogP contribution in [-0.4, -0.2) is 30.1 Å². The van der Waals surface area contributed by atoms with Crippen LogP contribution in [0.15, 0.2) is 18.9 Å². The second-order valence-electron chi connectivity index (χ2n) is 4.05. The Kier molecular flexibility index (Phi) is 5.63. The van der Waals surface area contributed by atoms with E-state index in [-0.39, 0.29) is 0 Å². The predicted molar refractivity (Wildman–Crippen MR) is 72.2 cm³/mol. The Morgan fingerprint density at radius 3 is 2.82 bits per heavy atom. The van der Waals surface area contributed by atoms with Gasteiger partial charge in [0.1, 0.15) is 0 Å². The summed E-state index contributed by atoms with van der Waals surface area (Å²) in [5, 5.41) is 3.11. The molecule has 1 heterocycles. The van der Waals surface area contributed by atoms with E-state index in [4.69, 9.17) is 0 Å². The molecule has 0 bridgehead atoms. The molecule has 0 aliphatic carbocycles. The van der Waals surface area contributed by atoms with Crippen LogP contribution in [-0.2, 0) is 6.54 Å². The van der Waals surface area contributed by atoms with Crippen molar-refractivity contribution in [1.82, 2.24) is 15.3 Å². The van der Waals surface area contributed by atoms with E-state index in [0.717, 1.165) is 43.3 Å². The van der Waals surface area contributed by atoms with Crippen LogP contribution in [0, 0.1) is 6.92 Å². The van der Waals surface area contributed by atoms with Gasteiger partial charge in [-0.2, -0.15) is 0 Å². The molecule has 0 atom stereocenters. The van der Waals surface area contributed by atoms with Crippen LogP contribution in [0.1, 0.15) is 24.6 Å². The summed E-state index contributed by atoms with van der Waals surface area (Å²) in [6, 6.07) is 0. The third-order valence-corrected chi connectivity index (χ3v) is 2.56. The lowest BCUT2D eigenvalue weighted by Gasteiger charge is -2.20. The lowest BCUT2D eigenvalue weighted by Crippen LogP contribution is -2.26. The molecular formula is C13H22N4. The van der Waals surface area contributed by atoms with E-state index >= 15 is 0 Å². The van der Waals surface area contributed by atoms with E-state index < -0.39 is 0 Å². The number of anilines is 1. The Hall–Kier alpha value is -1.42. The number of aromatic nitrogens is 2. The van der Waals surface area contributed by atoms with E-state index in [9.17, 15) is 0 Å². The van der Waals surface area contributed by atoms with Crippen LogP contribution in [0.3, 0.4) is 0 Å². The van der Waals surface area contributed by atoms with Gasteiger partial charge in [-0.15, -0.1) is 6.58 Å². The maximum absolute atomic E-state index is 4.56. The molecule has 0 radical (unpaired) electrons. The van der Waals surface area contributed by atoms with Crippen LogP contribution in [0.5, 0.6) is 0 Å². The Bertz CT molecular complexity index is 362. The zero-order valence-electron chi connectivity index (χ0n) is 11.0. The van der Waals surface area contributed by atoms with Gasteiger partial charge in [0.2, 0.25) is 5.95 Å². The van der Waals surface area contributed by atoms with Gasteiger partial charge in [0.25, 0.3) is 0 Å². The zero-order valence-corrected chi connectivity index (χ0v) is 11.0. The van der Waals surface area contributed by atoms with Gasteiger partial charge in [0, 0.05) is 37.1 Å². The average molecular weight is 234 g/mol. The molecule has 0 unspecified atom stereocenters. The Morgan fingerprint density at radius 1 is 1.53 bits per heavy atom. The summed E-state index contributed by atoms with van der Waals surface area (Å²) in [7, 11) is 1.93. The van der Waals surface area contributed by atoms with E-state index in [1.54, 1.807) is 0 Å². The SMILES string of the molecule is C=CCN(CCC)c1ncc(CNC)c(C)n1. The van der Waals surface area contributed by atoms with Crippen LogP contribution in [0.4, 0.5) is 5.95 Å². The highest BCUT2D eigenvalue weighted by molar-refractivity contribution is 5.33. The number of aryl methyl sites for hydroxylation is 1. The molecule has 1 aromatic rings. The predicted octanol–water partition coefficient (Wildman–Crippen LogP) is 1.91. The summed E-state index contributed by atoms with van der Waals surface area (Å²) >= 11 is 0. The maximum Gasteiger partial charge on any atom is 0.225 e. The average Bonchev–Trinajstić information content (AvgIpc) is 2.32. The minimum absolute atomic E-state index is 0.790. The standard InChI is InChI=1S/C13H22N4/c1-5-7-17(8-6-2)13-15-10-12(9-14-4)11(3)16-13/h5,10,14H,1,6-9H2,2-4H3. The number of nitrogens with one attached hydrogen (secondary N) is 1. The summed E-state index contributed by atoms with van der Waals surface area (Å²) in [4.78, 5) is 11.1. The molecule has 0 amide bonds. The molecule has 4 heteroatoms. The lowest BCUT2D eigenvalue weighted by atomic mass is 10.2. The minimum atomic E-state index is 0.790. The highest BCUT2D eigenvalue weighted by Gasteiger charge is 2.08. The van der Waals surface area contributed by atoms with Gasteiger partial charge >= 0.3 is 0 Å². The molecule has 4 nitrogen and oxygen atoms in total. The normalized spacial score (nSPS) is 10.3. The Labute approximate surface area is 104 Å². The van der Waals surface area contributed by atoms with Gasteiger partial charge in [-0.1, -0.05) is 13.0 Å². The van der Waals surface area contributed by atoms with Crippen LogP contribution >= 0.6 is 0 Å². The molecule has 1 N–H and O–H groups in total. The molecule has 0 aromatic carbocycles. The molecular weight excluding hydrogens is 212 g/mol. The summed E-state index contributed by atoms with van der Waals surface area (Å²) in [6.07, 6.45) is 4.87. The van der Waals surface area contributed by atoms with Gasteiger partial charge in [-0.3, -0.25) is 0 Å². The summed E-state index contributed by atoms with van der Waals surface area (Å²) < 4.78 is 0. The van der Waals surface area contributed by atoms with E-state index in [1.165, 1.54) is 0 Å².